The van der Waals surface area contributed by atoms with Crippen molar-refractivity contribution in [2.75, 3.05) is 33.3 Å². The molecule has 0 saturated carbocycles. The van der Waals surface area contributed by atoms with Gasteiger partial charge in [-0.15, -0.1) is 0 Å². The Labute approximate surface area is 155 Å². The van der Waals surface area contributed by atoms with Crippen LogP contribution < -0.4 is 4.74 Å². The van der Waals surface area contributed by atoms with E-state index in [1.54, 1.807) is 13.2 Å². The molecule has 0 radical (unpaired) electrons. The summed E-state index contributed by atoms with van der Waals surface area (Å²) >= 11 is 0. The molecule has 0 spiro atoms. The molecule has 0 bridgehead atoms. The third-order valence-electron chi connectivity index (χ3n) is 4.69. The van der Waals surface area contributed by atoms with Gasteiger partial charge in [0.25, 0.3) is 0 Å². The van der Waals surface area contributed by atoms with Gasteiger partial charge in [0.05, 0.1) is 7.11 Å². The highest BCUT2D eigenvalue weighted by molar-refractivity contribution is 5.92. The lowest BCUT2D eigenvalue weighted by Crippen LogP contribution is -2.34. The highest BCUT2D eigenvalue weighted by atomic mass is 16.5. The van der Waals surface area contributed by atoms with Crippen LogP contribution in [0.25, 0.3) is 6.08 Å². The summed E-state index contributed by atoms with van der Waals surface area (Å²) in [5.74, 6) is 0.846. The maximum Gasteiger partial charge on any atom is 0.246 e. The van der Waals surface area contributed by atoms with Crippen molar-refractivity contribution in [3.8, 4) is 5.75 Å². The highest BCUT2D eigenvalue weighted by Gasteiger charge is 2.17. The molecule has 2 aromatic rings. The minimum atomic E-state index is 0.0671. The summed E-state index contributed by atoms with van der Waals surface area (Å²) in [6.07, 6.45) is 4.50. The molecular weight excluding hydrogens is 324 g/mol. The van der Waals surface area contributed by atoms with Gasteiger partial charge in [-0.2, -0.15) is 0 Å². The summed E-state index contributed by atoms with van der Waals surface area (Å²) in [6, 6.07) is 18.2. The number of rotatable bonds is 5. The molecule has 136 valence electrons. The molecule has 3 rings (SSSR count). The Morgan fingerprint density at radius 2 is 1.77 bits per heavy atom. The average molecular weight is 350 g/mol. The number of amides is 1. The van der Waals surface area contributed by atoms with Gasteiger partial charge in [-0.1, -0.05) is 48.5 Å². The first-order chi connectivity index (χ1) is 12.8. The SMILES string of the molecule is COc1ccccc1/C=C/C(=O)N1CCCN(Cc2ccccc2)CC1. The van der Waals surface area contributed by atoms with Gasteiger partial charge in [0.2, 0.25) is 5.91 Å². The van der Waals surface area contributed by atoms with E-state index in [1.165, 1.54) is 5.56 Å². The van der Waals surface area contributed by atoms with E-state index in [-0.39, 0.29) is 5.91 Å². The fourth-order valence-corrected chi connectivity index (χ4v) is 3.26. The second kappa shape index (κ2) is 9.20. The molecule has 1 aliphatic rings. The van der Waals surface area contributed by atoms with Crippen LogP contribution in [0.3, 0.4) is 0 Å². The Hall–Kier alpha value is -2.59. The Bertz CT molecular complexity index is 743. The number of ether oxygens (including phenoxy) is 1. The smallest absolute Gasteiger partial charge is 0.246 e. The van der Waals surface area contributed by atoms with Crippen molar-refractivity contribution in [1.82, 2.24) is 9.80 Å². The van der Waals surface area contributed by atoms with Gasteiger partial charge >= 0.3 is 0 Å². The standard InChI is InChI=1S/C22H26N2O2/c1-26-21-11-6-5-10-20(21)12-13-22(25)24-15-7-14-23(16-17-24)18-19-8-3-2-4-9-19/h2-6,8-13H,7,14-18H2,1H3/b13-12+. The lowest BCUT2D eigenvalue weighted by Gasteiger charge is -2.21. The van der Waals surface area contributed by atoms with Crippen molar-refractivity contribution in [3.05, 3.63) is 71.8 Å². The number of hydrogen-bond acceptors (Lipinski definition) is 3. The molecule has 0 N–H and O–H groups in total. The number of carbonyl (C=O) groups is 1. The topological polar surface area (TPSA) is 32.8 Å². The summed E-state index contributed by atoms with van der Waals surface area (Å²) < 4.78 is 5.33. The first kappa shape index (κ1) is 18.2. The number of hydrogen-bond donors (Lipinski definition) is 0. The van der Waals surface area contributed by atoms with E-state index in [0.717, 1.165) is 50.5 Å². The number of para-hydroxylation sites is 1. The van der Waals surface area contributed by atoms with Crippen LogP contribution in [-0.2, 0) is 11.3 Å². The second-order valence-electron chi connectivity index (χ2n) is 6.52. The van der Waals surface area contributed by atoms with Crippen LogP contribution in [0.4, 0.5) is 0 Å². The maximum atomic E-state index is 12.6. The summed E-state index contributed by atoms with van der Waals surface area (Å²) in [5.41, 5.74) is 2.24. The van der Waals surface area contributed by atoms with Crippen molar-refractivity contribution in [2.45, 2.75) is 13.0 Å². The van der Waals surface area contributed by atoms with Gasteiger partial charge in [0, 0.05) is 44.4 Å². The summed E-state index contributed by atoms with van der Waals surface area (Å²) in [6.45, 7) is 4.44. The van der Waals surface area contributed by atoms with Crippen LogP contribution >= 0.6 is 0 Å². The zero-order valence-electron chi connectivity index (χ0n) is 15.3. The number of methoxy groups -OCH3 is 1. The fourth-order valence-electron chi connectivity index (χ4n) is 3.26. The van der Waals surface area contributed by atoms with Crippen LogP contribution in [0.5, 0.6) is 5.75 Å². The first-order valence-electron chi connectivity index (χ1n) is 9.12. The normalized spacial score (nSPS) is 15.8. The second-order valence-corrected chi connectivity index (χ2v) is 6.52. The molecule has 4 heteroatoms. The Morgan fingerprint density at radius 1 is 1.00 bits per heavy atom. The predicted molar refractivity (Wildman–Crippen MR) is 105 cm³/mol. The molecule has 1 saturated heterocycles. The molecule has 1 fully saturated rings. The summed E-state index contributed by atoms with van der Waals surface area (Å²) in [4.78, 5) is 16.9. The van der Waals surface area contributed by atoms with E-state index in [0.29, 0.717) is 0 Å². The van der Waals surface area contributed by atoms with Crippen LogP contribution in [-0.4, -0.2) is 49.0 Å². The van der Waals surface area contributed by atoms with Crippen LogP contribution in [0.15, 0.2) is 60.7 Å². The molecule has 1 heterocycles. The quantitative estimate of drug-likeness (QED) is 0.775. The average Bonchev–Trinajstić information content (AvgIpc) is 2.93. The van der Waals surface area contributed by atoms with Gasteiger partial charge in [-0.25, -0.2) is 0 Å². The van der Waals surface area contributed by atoms with E-state index >= 15 is 0 Å². The van der Waals surface area contributed by atoms with Crippen molar-refractivity contribution >= 4 is 12.0 Å². The molecule has 0 aromatic heterocycles. The van der Waals surface area contributed by atoms with Crippen LogP contribution in [0, 0.1) is 0 Å². The first-order valence-corrected chi connectivity index (χ1v) is 9.12. The number of benzene rings is 2. The predicted octanol–water partition coefficient (Wildman–Crippen LogP) is 3.44. The highest BCUT2D eigenvalue weighted by Crippen LogP contribution is 2.19. The molecule has 0 aliphatic carbocycles. The lowest BCUT2D eigenvalue weighted by atomic mass is 10.2. The minimum absolute atomic E-state index is 0.0671. The zero-order chi connectivity index (χ0) is 18.2. The third-order valence-corrected chi connectivity index (χ3v) is 4.69. The van der Waals surface area contributed by atoms with Crippen molar-refractivity contribution in [3.63, 3.8) is 0 Å². The number of nitrogens with zero attached hydrogens (tertiary/aromatic N) is 2. The Kier molecular flexibility index (Phi) is 6.45. The fraction of sp³-hybridized carbons (Fsp3) is 0.318. The largest absolute Gasteiger partial charge is 0.496 e. The van der Waals surface area contributed by atoms with Gasteiger partial charge in [-0.3, -0.25) is 9.69 Å². The molecule has 2 aromatic carbocycles. The lowest BCUT2D eigenvalue weighted by molar-refractivity contribution is -0.125. The van der Waals surface area contributed by atoms with E-state index in [4.69, 9.17) is 4.74 Å². The monoisotopic (exact) mass is 350 g/mol. The summed E-state index contributed by atoms with van der Waals surface area (Å²) in [7, 11) is 1.64. The maximum absolute atomic E-state index is 12.6. The minimum Gasteiger partial charge on any atom is -0.496 e. The van der Waals surface area contributed by atoms with E-state index in [2.05, 4.69) is 29.2 Å². The van der Waals surface area contributed by atoms with E-state index in [9.17, 15) is 4.79 Å². The van der Waals surface area contributed by atoms with Gasteiger partial charge in [0.15, 0.2) is 0 Å². The van der Waals surface area contributed by atoms with Gasteiger partial charge in [-0.05, 0) is 24.1 Å². The van der Waals surface area contributed by atoms with Gasteiger partial charge < -0.3 is 9.64 Å². The van der Waals surface area contributed by atoms with Crippen molar-refractivity contribution in [1.29, 1.82) is 0 Å². The Balaban J connectivity index is 1.56. The molecule has 0 unspecified atom stereocenters. The zero-order valence-corrected chi connectivity index (χ0v) is 15.3. The third kappa shape index (κ3) is 4.96. The van der Waals surface area contributed by atoms with Crippen LogP contribution in [0.2, 0.25) is 0 Å². The molecule has 4 nitrogen and oxygen atoms in total. The molecule has 1 amide bonds. The Morgan fingerprint density at radius 3 is 2.58 bits per heavy atom. The molecule has 26 heavy (non-hydrogen) atoms. The van der Waals surface area contributed by atoms with Gasteiger partial charge in [0.1, 0.15) is 5.75 Å². The van der Waals surface area contributed by atoms with Crippen molar-refractivity contribution < 1.29 is 9.53 Å². The molecular formula is C22H26N2O2. The van der Waals surface area contributed by atoms with E-state index < -0.39 is 0 Å². The van der Waals surface area contributed by atoms with E-state index in [1.807, 2.05) is 41.3 Å². The van der Waals surface area contributed by atoms with Crippen molar-refractivity contribution in [2.24, 2.45) is 0 Å². The summed E-state index contributed by atoms with van der Waals surface area (Å²) in [5, 5.41) is 0. The number of carbonyl (C=O) groups excluding carboxylic acids is 1. The molecule has 0 atom stereocenters. The molecule has 1 aliphatic heterocycles. The van der Waals surface area contributed by atoms with Crippen LogP contribution in [0.1, 0.15) is 17.5 Å².